The van der Waals surface area contributed by atoms with Gasteiger partial charge in [0.2, 0.25) is 5.75 Å². The highest BCUT2D eigenvalue weighted by molar-refractivity contribution is 6.04. The lowest BCUT2D eigenvalue weighted by Gasteiger charge is -2.27. The lowest BCUT2D eigenvalue weighted by molar-refractivity contribution is 0.0833. The number of hydrogen-bond donors (Lipinski definition) is 3. The molecule has 0 unspecified atom stereocenters. The Kier molecular flexibility index (Phi) is 6.74. The summed E-state index contributed by atoms with van der Waals surface area (Å²) < 4.78 is 28.6. The molecule has 4 aromatic carbocycles. The van der Waals surface area contributed by atoms with Crippen molar-refractivity contribution < 1.29 is 48.6 Å². The van der Waals surface area contributed by atoms with Gasteiger partial charge in [-0.15, -0.1) is 0 Å². The molecule has 0 saturated carbocycles. The van der Waals surface area contributed by atoms with E-state index in [1.165, 1.54) is 38.5 Å². The largest absolute Gasteiger partial charge is 0.508 e. The van der Waals surface area contributed by atoms with Crippen molar-refractivity contribution in [1.82, 2.24) is 0 Å². The van der Waals surface area contributed by atoms with Crippen LogP contribution in [0.4, 0.5) is 0 Å². The number of ether oxygens (including phenoxy) is 5. The zero-order valence-electron chi connectivity index (χ0n) is 22.6. The molecule has 2 aliphatic heterocycles. The van der Waals surface area contributed by atoms with Gasteiger partial charge in [0.05, 0.1) is 27.1 Å². The van der Waals surface area contributed by atoms with E-state index in [1.54, 1.807) is 42.5 Å². The molecule has 0 aliphatic carbocycles. The Bertz CT molecular complexity index is 1690. The molecule has 2 heterocycles. The van der Waals surface area contributed by atoms with Gasteiger partial charge in [0.25, 0.3) is 0 Å². The first-order chi connectivity index (χ1) is 20.2. The van der Waals surface area contributed by atoms with Gasteiger partial charge in [0, 0.05) is 18.2 Å². The van der Waals surface area contributed by atoms with Crippen LogP contribution >= 0.6 is 0 Å². The van der Waals surface area contributed by atoms with Crippen molar-refractivity contribution in [3.63, 3.8) is 0 Å². The molecule has 0 fully saturated rings. The monoisotopic (exact) mass is 570 g/mol. The topological polar surface area (TPSA) is 141 Å². The molecule has 10 heteroatoms. The minimum Gasteiger partial charge on any atom is -0.508 e. The van der Waals surface area contributed by atoms with Crippen molar-refractivity contribution >= 4 is 11.6 Å². The molecule has 2 aliphatic rings. The second kappa shape index (κ2) is 10.5. The Morgan fingerprint density at radius 3 is 1.86 bits per heavy atom. The molecule has 4 aromatic rings. The van der Waals surface area contributed by atoms with Gasteiger partial charge in [-0.2, -0.15) is 0 Å². The van der Waals surface area contributed by atoms with Crippen LogP contribution in [0.5, 0.6) is 51.7 Å². The molecule has 0 amide bonds. The minimum atomic E-state index is -0.603. The van der Waals surface area contributed by atoms with Crippen molar-refractivity contribution in [1.29, 1.82) is 0 Å². The first-order valence-electron chi connectivity index (χ1n) is 13.1. The van der Waals surface area contributed by atoms with Crippen molar-refractivity contribution in [2.24, 2.45) is 0 Å². The third-order valence-electron chi connectivity index (χ3n) is 7.27. The predicted octanol–water partition coefficient (Wildman–Crippen LogP) is 6.03. The van der Waals surface area contributed by atoms with E-state index in [9.17, 15) is 24.9 Å². The number of rotatable bonds is 6. The normalized spacial score (nSPS) is 17.4. The van der Waals surface area contributed by atoms with Gasteiger partial charge in [0.1, 0.15) is 57.8 Å². The number of aromatic hydroxyl groups is 3. The van der Waals surface area contributed by atoms with E-state index in [4.69, 9.17) is 23.7 Å². The molecule has 0 aromatic heterocycles. The van der Waals surface area contributed by atoms with Crippen LogP contribution in [0.15, 0.2) is 66.7 Å². The summed E-state index contributed by atoms with van der Waals surface area (Å²) in [6.45, 7) is 0. The summed E-state index contributed by atoms with van der Waals surface area (Å²) in [6.07, 6.45) is -1.19. The fraction of sp³-hybridized carbons (Fsp3) is 0.188. The van der Waals surface area contributed by atoms with Crippen molar-refractivity contribution in [3.05, 3.63) is 89.0 Å². The zero-order valence-corrected chi connectivity index (χ0v) is 22.6. The fourth-order valence-electron chi connectivity index (χ4n) is 5.14. The number of methoxy groups -OCH3 is 2. The summed E-state index contributed by atoms with van der Waals surface area (Å²) in [6, 6.07) is 17.5. The molecule has 0 radical (unpaired) electrons. The maximum absolute atomic E-state index is 13.1. The lowest BCUT2D eigenvalue weighted by Crippen LogP contribution is -2.21. The molecule has 6 rings (SSSR count). The van der Waals surface area contributed by atoms with Gasteiger partial charge in [-0.05, 0) is 35.4 Å². The standard InChI is InChI=1S/C32H26O10/c1-38-20-11-21(34)29-22(35)13-24(41-26(29)12-20)17-5-9-19(10-6-17)40-32-28(39-2)15-27-30(31(32)37)23(36)14-25(42-27)16-3-7-18(33)8-4-16/h3-12,15,24-25,33-34,37H,13-14H2,1-2H3/t24-,25-/m0/s1. The summed E-state index contributed by atoms with van der Waals surface area (Å²) in [7, 11) is 2.86. The molecule has 2 atom stereocenters. The minimum absolute atomic E-state index is 0.0103. The zero-order chi connectivity index (χ0) is 29.5. The lowest BCUT2D eigenvalue weighted by atomic mass is 9.95. The van der Waals surface area contributed by atoms with Gasteiger partial charge in [0.15, 0.2) is 23.1 Å². The predicted molar refractivity (Wildman–Crippen MR) is 149 cm³/mol. The number of benzene rings is 4. The van der Waals surface area contributed by atoms with E-state index >= 15 is 0 Å². The van der Waals surface area contributed by atoms with E-state index in [1.807, 2.05) is 0 Å². The van der Waals surface area contributed by atoms with Crippen LogP contribution in [0.25, 0.3) is 0 Å². The van der Waals surface area contributed by atoms with Crippen LogP contribution in [0, 0.1) is 0 Å². The summed E-state index contributed by atoms with van der Waals surface area (Å²) in [4.78, 5) is 25.9. The van der Waals surface area contributed by atoms with E-state index in [2.05, 4.69) is 0 Å². The van der Waals surface area contributed by atoms with Crippen molar-refractivity contribution in [2.75, 3.05) is 14.2 Å². The third-order valence-corrected chi connectivity index (χ3v) is 7.27. The maximum Gasteiger partial charge on any atom is 0.211 e. The summed E-state index contributed by atoms with van der Waals surface area (Å²) in [5, 5.41) is 30.9. The van der Waals surface area contributed by atoms with Crippen molar-refractivity contribution in [2.45, 2.75) is 25.0 Å². The number of Topliss-reactive ketones (excluding diaryl/α,β-unsaturated/α-hetero) is 2. The van der Waals surface area contributed by atoms with Gasteiger partial charge in [-0.25, -0.2) is 0 Å². The average Bonchev–Trinajstić information content (AvgIpc) is 2.98. The molecule has 0 bridgehead atoms. The van der Waals surface area contributed by atoms with Gasteiger partial charge in [-0.1, -0.05) is 24.3 Å². The van der Waals surface area contributed by atoms with Gasteiger partial charge < -0.3 is 39.0 Å². The average molecular weight is 571 g/mol. The first kappa shape index (κ1) is 26.8. The Labute approximate surface area is 240 Å². The second-order valence-electron chi connectivity index (χ2n) is 9.88. The van der Waals surface area contributed by atoms with Crippen LogP contribution in [0.2, 0.25) is 0 Å². The van der Waals surface area contributed by atoms with Crippen LogP contribution < -0.4 is 23.7 Å². The number of ketones is 2. The molecule has 0 spiro atoms. The molecule has 0 saturated heterocycles. The highest BCUT2D eigenvalue weighted by atomic mass is 16.5. The Morgan fingerprint density at radius 1 is 0.690 bits per heavy atom. The molecule has 3 N–H and O–H groups in total. The highest BCUT2D eigenvalue weighted by Crippen LogP contribution is 2.50. The van der Waals surface area contributed by atoms with Crippen molar-refractivity contribution in [3.8, 4) is 51.7 Å². The highest BCUT2D eigenvalue weighted by Gasteiger charge is 2.34. The number of fused-ring (bicyclic) bond motifs is 2. The third kappa shape index (κ3) is 4.77. The summed E-state index contributed by atoms with van der Waals surface area (Å²) in [5.41, 5.74) is 1.50. The number of phenolic OH excluding ortho intramolecular Hbond substituents is 3. The molecule has 10 nitrogen and oxygen atoms in total. The van der Waals surface area contributed by atoms with Gasteiger partial charge in [-0.3, -0.25) is 9.59 Å². The van der Waals surface area contributed by atoms with Crippen LogP contribution in [0.1, 0.15) is 56.9 Å². The van der Waals surface area contributed by atoms with Crippen LogP contribution in [0.3, 0.4) is 0 Å². The number of phenols is 3. The fourth-order valence-corrected chi connectivity index (χ4v) is 5.14. The quantitative estimate of drug-likeness (QED) is 0.252. The summed E-state index contributed by atoms with van der Waals surface area (Å²) >= 11 is 0. The molecular weight excluding hydrogens is 544 g/mol. The summed E-state index contributed by atoms with van der Waals surface area (Å²) in [5.74, 6) is 0.0838. The molecule has 42 heavy (non-hydrogen) atoms. The maximum atomic E-state index is 13.1. The van der Waals surface area contributed by atoms with Crippen LogP contribution in [-0.2, 0) is 0 Å². The Hall–Kier alpha value is -5.38. The number of carbonyl (C=O) groups excluding carboxylic acids is 2. The number of carbonyl (C=O) groups is 2. The van der Waals surface area contributed by atoms with Gasteiger partial charge >= 0.3 is 0 Å². The van der Waals surface area contributed by atoms with Crippen LogP contribution in [-0.4, -0.2) is 41.1 Å². The molecular formula is C32H26O10. The van der Waals surface area contributed by atoms with E-state index < -0.39 is 18.0 Å². The Balaban J connectivity index is 1.24. The second-order valence-corrected chi connectivity index (χ2v) is 9.88. The van der Waals surface area contributed by atoms with E-state index in [0.29, 0.717) is 22.6 Å². The van der Waals surface area contributed by atoms with E-state index in [-0.39, 0.29) is 70.0 Å². The first-order valence-corrected chi connectivity index (χ1v) is 13.1. The number of hydrogen-bond acceptors (Lipinski definition) is 10. The smallest absolute Gasteiger partial charge is 0.211 e. The SMILES string of the molecule is COc1cc(O)c2c(c1)O[C@H](c1ccc(Oc3c(OC)cc4c(c3O)C(=O)C[C@@H](c3ccc(O)cc3)O4)cc1)CC2=O. The Morgan fingerprint density at radius 2 is 1.26 bits per heavy atom. The molecule has 214 valence electrons. The van der Waals surface area contributed by atoms with E-state index in [0.717, 1.165) is 0 Å².